The highest BCUT2D eigenvalue weighted by Crippen LogP contribution is 2.15. The van der Waals surface area contributed by atoms with E-state index >= 15 is 0 Å². The van der Waals surface area contributed by atoms with Crippen molar-refractivity contribution in [2.24, 2.45) is 7.05 Å². The predicted octanol–water partition coefficient (Wildman–Crippen LogP) is 1.82. The van der Waals surface area contributed by atoms with Crippen molar-refractivity contribution in [2.45, 2.75) is 20.8 Å². The molecule has 3 heteroatoms. The second kappa shape index (κ2) is 3.64. The molecule has 0 aliphatic rings. The lowest BCUT2D eigenvalue weighted by molar-refractivity contribution is 0.0524. The predicted molar refractivity (Wildman–Crippen MR) is 50.8 cm³/mol. The minimum atomic E-state index is -0.224. The first-order valence-corrected chi connectivity index (χ1v) is 4.37. The quantitative estimate of drug-likeness (QED) is 0.652. The van der Waals surface area contributed by atoms with Gasteiger partial charge in [-0.25, -0.2) is 4.79 Å². The number of hydrogen-bond donors (Lipinski definition) is 0. The average molecular weight is 181 g/mol. The molecular formula is C10H15NO2. The van der Waals surface area contributed by atoms with Gasteiger partial charge in [0.1, 0.15) is 0 Å². The summed E-state index contributed by atoms with van der Waals surface area (Å²) >= 11 is 0. The monoisotopic (exact) mass is 181 g/mol. The van der Waals surface area contributed by atoms with Crippen molar-refractivity contribution < 1.29 is 9.53 Å². The van der Waals surface area contributed by atoms with Crippen LogP contribution in [-0.2, 0) is 11.8 Å². The summed E-state index contributed by atoms with van der Waals surface area (Å²) in [6, 6.07) is 0. The Morgan fingerprint density at radius 1 is 1.54 bits per heavy atom. The van der Waals surface area contributed by atoms with Crippen LogP contribution in [0.4, 0.5) is 0 Å². The minimum Gasteiger partial charge on any atom is -0.462 e. The lowest BCUT2D eigenvalue weighted by atomic mass is 10.2. The summed E-state index contributed by atoms with van der Waals surface area (Å²) in [5.74, 6) is -0.224. The topological polar surface area (TPSA) is 31.2 Å². The molecule has 3 nitrogen and oxygen atoms in total. The second-order valence-electron chi connectivity index (χ2n) is 3.10. The largest absolute Gasteiger partial charge is 0.462 e. The molecule has 0 radical (unpaired) electrons. The lowest BCUT2D eigenvalue weighted by Gasteiger charge is -2.02. The number of ether oxygens (including phenoxy) is 1. The zero-order chi connectivity index (χ0) is 10.0. The third kappa shape index (κ3) is 1.74. The van der Waals surface area contributed by atoms with Gasteiger partial charge in [0.15, 0.2) is 0 Å². The van der Waals surface area contributed by atoms with E-state index in [-0.39, 0.29) is 5.97 Å². The van der Waals surface area contributed by atoms with Crippen molar-refractivity contribution >= 4 is 5.97 Å². The first-order valence-electron chi connectivity index (χ1n) is 4.37. The maximum atomic E-state index is 11.5. The van der Waals surface area contributed by atoms with Crippen LogP contribution in [0.5, 0.6) is 0 Å². The van der Waals surface area contributed by atoms with E-state index in [4.69, 9.17) is 4.74 Å². The van der Waals surface area contributed by atoms with Crippen LogP contribution in [0.3, 0.4) is 0 Å². The highest BCUT2D eigenvalue weighted by Gasteiger charge is 2.15. The molecule has 1 aromatic rings. The van der Waals surface area contributed by atoms with E-state index in [1.165, 1.54) is 0 Å². The van der Waals surface area contributed by atoms with Gasteiger partial charge in [-0.1, -0.05) is 0 Å². The lowest BCUT2D eigenvalue weighted by Crippen LogP contribution is -2.07. The standard InChI is InChI=1S/C10H15NO2/c1-5-13-10(12)9-7(2)6-11(4)8(9)3/h6H,5H2,1-4H3. The number of esters is 1. The summed E-state index contributed by atoms with van der Waals surface area (Å²) in [4.78, 5) is 11.5. The maximum Gasteiger partial charge on any atom is 0.340 e. The van der Waals surface area contributed by atoms with E-state index in [0.717, 1.165) is 11.3 Å². The Labute approximate surface area is 78.3 Å². The fraction of sp³-hybridized carbons (Fsp3) is 0.500. The van der Waals surface area contributed by atoms with Crippen LogP contribution in [0.1, 0.15) is 28.5 Å². The van der Waals surface area contributed by atoms with Gasteiger partial charge in [0, 0.05) is 18.9 Å². The summed E-state index contributed by atoms with van der Waals surface area (Å²) in [5.41, 5.74) is 2.62. The average Bonchev–Trinajstić information content (AvgIpc) is 2.27. The summed E-state index contributed by atoms with van der Waals surface area (Å²) in [6.45, 7) is 6.07. The summed E-state index contributed by atoms with van der Waals surface area (Å²) in [7, 11) is 1.92. The van der Waals surface area contributed by atoms with Crippen LogP contribution in [0.25, 0.3) is 0 Å². The van der Waals surface area contributed by atoms with Crippen LogP contribution < -0.4 is 0 Å². The van der Waals surface area contributed by atoms with Gasteiger partial charge in [-0.15, -0.1) is 0 Å². The van der Waals surface area contributed by atoms with Gasteiger partial charge in [0.05, 0.1) is 12.2 Å². The third-order valence-electron chi connectivity index (χ3n) is 2.15. The molecule has 0 aromatic carbocycles. The molecule has 13 heavy (non-hydrogen) atoms. The van der Waals surface area contributed by atoms with Gasteiger partial charge in [0.25, 0.3) is 0 Å². The van der Waals surface area contributed by atoms with Crippen LogP contribution in [0.15, 0.2) is 6.20 Å². The third-order valence-corrected chi connectivity index (χ3v) is 2.15. The van der Waals surface area contributed by atoms with Crippen molar-refractivity contribution in [2.75, 3.05) is 6.61 Å². The Bertz CT molecular complexity index is 326. The Balaban J connectivity index is 3.06. The van der Waals surface area contributed by atoms with E-state index < -0.39 is 0 Å². The number of nitrogens with zero attached hydrogens (tertiary/aromatic N) is 1. The zero-order valence-electron chi connectivity index (χ0n) is 8.55. The fourth-order valence-electron chi connectivity index (χ4n) is 1.43. The Morgan fingerprint density at radius 3 is 2.54 bits per heavy atom. The van der Waals surface area contributed by atoms with Crippen LogP contribution in [-0.4, -0.2) is 17.1 Å². The highest BCUT2D eigenvalue weighted by molar-refractivity contribution is 5.92. The van der Waals surface area contributed by atoms with E-state index in [1.54, 1.807) is 0 Å². The van der Waals surface area contributed by atoms with Crippen LogP contribution in [0.2, 0.25) is 0 Å². The van der Waals surface area contributed by atoms with Gasteiger partial charge >= 0.3 is 5.97 Å². The molecule has 0 bridgehead atoms. The van der Waals surface area contributed by atoms with Crippen molar-refractivity contribution in [3.8, 4) is 0 Å². The first-order chi connectivity index (χ1) is 6.07. The van der Waals surface area contributed by atoms with E-state index in [0.29, 0.717) is 12.2 Å². The van der Waals surface area contributed by atoms with Crippen LogP contribution in [0, 0.1) is 13.8 Å². The first kappa shape index (κ1) is 9.84. The van der Waals surface area contributed by atoms with Crippen LogP contribution >= 0.6 is 0 Å². The smallest absolute Gasteiger partial charge is 0.340 e. The van der Waals surface area contributed by atoms with Gasteiger partial charge in [-0.2, -0.15) is 0 Å². The molecular weight excluding hydrogens is 166 g/mol. The molecule has 0 unspecified atom stereocenters. The van der Waals surface area contributed by atoms with E-state index in [2.05, 4.69) is 0 Å². The number of carbonyl (C=O) groups is 1. The number of aryl methyl sites for hydroxylation is 2. The fourth-order valence-corrected chi connectivity index (χ4v) is 1.43. The SMILES string of the molecule is CCOC(=O)c1c(C)cn(C)c1C. The molecule has 0 saturated carbocycles. The van der Waals surface area contributed by atoms with Crippen molar-refractivity contribution in [1.82, 2.24) is 4.57 Å². The molecule has 1 rings (SSSR count). The molecule has 72 valence electrons. The molecule has 1 aromatic heterocycles. The zero-order valence-corrected chi connectivity index (χ0v) is 8.55. The molecule has 0 aliphatic heterocycles. The molecule has 0 aliphatic carbocycles. The molecule has 0 amide bonds. The number of rotatable bonds is 2. The number of aromatic nitrogens is 1. The Kier molecular flexibility index (Phi) is 2.76. The Hall–Kier alpha value is -1.25. The van der Waals surface area contributed by atoms with Gasteiger partial charge in [-0.05, 0) is 26.3 Å². The van der Waals surface area contributed by atoms with Gasteiger partial charge < -0.3 is 9.30 Å². The van der Waals surface area contributed by atoms with Crippen molar-refractivity contribution in [3.05, 3.63) is 23.0 Å². The summed E-state index contributed by atoms with van der Waals surface area (Å²) < 4.78 is 6.88. The molecule has 0 atom stereocenters. The normalized spacial score (nSPS) is 10.2. The molecule has 0 saturated heterocycles. The van der Waals surface area contributed by atoms with E-state index in [9.17, 15) is 4.79 Å². The number of hydrogen-bond acceptors (Lipinski definition) is 2. The minimum absolute atomic E-state index is 0.224. The van der Waals surface area contributed by atoms with Crippen molar-refractivity contribution in [1.29, 1.82) is 0 Å². The van der Waals surface area contributed by atoms with Gasteiger partial charge in [0.2, 0.25) is 0 Å². The number of carbonyl (C=O) groups excluding carboxylic acids is 1. The molecule has 0 N–H and O–H groups in total. The maximum absolute atomic E-state index is 11.5. The Morgan fingerprint density at radius 2 is 2.15 bits per heavy atom. The van der Waals surface area contributed by atoms with Gasteiger partial charge in [-0.3, -0.25) is 0 Å². The van der Waals surface area contributed by atoms with Crippen molar-refractivity contribution in [3.63, 3.8) is 0 Å². The molecule has 0 fully saturated rings. The molecule has 0 spiro atoms. The summed E-state index contributed by atoms with van der Waals surface area (Å²) in [6.07, 6.45) is 1.93. The highest BCUT2D eigenvalue weighted by atomic mass is 16.5. The molecule has 1 heterocycles. The van der Waals surface area contributed by atoms with E-state index in [1.807, 2.05) is 38.6 Å². The second-order valence-corrected chi connectivity index (χ2v) is 3.10. The summed E-state index contributed by atoms with van der Waals surface area (Å²) in [5, 5.41) is 0.